The minimum atomic E-state index is -1.69. The Hall–Kier alpha value is -2.26. The maximum absolute atomic E-state index is 13.4. The van der Waals surface area contributed by atoms with Gasteiger partial charge >= 0.3 is 5.97 Å². The summed E-state index contributed by atoms with van der Waals surface area (Å²) in [4.78, 5) is 20.7. The first-order valence-corrected chi connectivity index (χ1v) is 5.44. The van der Waals surface area contributed by atoms with Crippen molar-refractivity contribution >= 4 is 17.3 Å². The van der Waals surface area contributed by atoms with E-state index >= 15 is 0 Å². The molecule has 0 bridgehead atoms. The van der Waals surface area contributed by atoms with Gasteiger partial charge in [-0.3, -0.25) is 14.9 Å². The Bertz CT molecular complexity index is 536. The summed E-state index contributed by atoms with van der Waals surface area (Å²) in [5, 5.41) is 30.0. The average Bonchev–Trinajstić information content (AvgIpc) is 2.40. The summed E-state index contributed by atoms with van der Waals surface area (Å²) < 4.78 is 17.7. The maximum atomic E-state index is 13.4. The molecule has 0 aromatic heterocycles. The third kappa shape index (κ3) is 3.39. The van der Waals surface area contributed by atoms with Crippen LogP contribution in [0.2, 0.25) is 0 Å². The van der Waals surface area contributed by atoms with E-state index < -0.39 is 46.7 Å². The second-order valence-electron chi connectivity index (χ2n) is 3.99. The number of esters is 1. The molecular weight excluding hydrogens is 275 g/mol. The maximum Gasteiger partial charge on any atom is 0.308 e. The third-order valence-electron chi connectivity index (χ3n) is 2.64. The molecule has 0 heterocycles. The number of aliphatic hydroxyl groups is 2. The molecule has 1 aromatic rings. The lowest BCUT2D eigenvalue weighted by Crippen LogP contribution is -2.23. The van der Waals surface area contributed by atoms with E-state index in [0.717, 1.165) is 19.2 Å². The van der Waals surface area contributed by atoms with Crippen molar-refractivity contribution in [2.24, 2.45) is 0 Å². The molecule has 0 saturated heterocycles. The van der Waals surface area contributed by atoms with Crippen LogP contribution in [0.15, 0.2) is 12.1 Å². The number of nitrogen functional groups attached to an aromatic ring is 1. The first-order chi connectivity index (χ1) is 9.27. The molecule has 1 aromatic carbocycles. The minimum Gasteiger partial charge on any atom is -0.469 e. The number of hydrogen-bond donors (Lipinski definition) is 3. The minimum absolute atomic E-state index is 0.264. The van der Waals surface area contributed by atoms with Crippen LogP contribution in [-0.4, -0.2) is 34.3 Å². The van der Waals surface area contributed by atoms with Crippen molar-refractivity contribution < 1.29 is 29.1 Å². The Morgan fingerprint density at radius 2 is 2.15 bits per heavy atom. The van der Waals surface area contributed by atoms with Crippen molar-refractivity contribution in [2.45, 2.75) is 18.6 Å². The summed E-state index contributed by atoms with van der Waals surface area (Å²) in [6, 6.07) is 1.59. The van der Waals surface area contributed by atoms with Crippen molar-refractivity contribution in [3.8, 4) is 0 Å². The highest BCUT2D eigenvalue weighted by Crippen LogP contribution is 2.30. The smallest absolute Gasteiger partial charge is 0.308 e. The van der Waals surface area contributed by atoms with Crippen molar-refractivity contribution in [3.63, 3.8) is 0 Å². The second kappa shape index (κ2) is 6.26. The number of carbonyl (C=O) groups is 1. The molecule has 0 saturated carbocycles. The highest BCUT2D eigenvalue weighted by atomic mass is 19.1. The predicted molar refractivity (Wildman–Crippen MR) is 65.1 cm³/mol. The monoisotopic (exact) mass is 288 g/mol. The Morgan fingerprint density at radius 3 is 2.65 bits per heavy atom. The standard InChI is InChI=1S/C11H13FN2O6/c1-20-9(16)4-8(15)11(17)5-2-6(12)10(13)7(3-5)14(18)19/h2-3,8,11,15,17H,4,13H2,1H3. The number of carbonyl (C=O) groups excluding carboxylic acids is 1. The van der Waals surface area contributed by atoms with Crippen molar-refractivity contribution in [2.75, 3.05) is 12.8 Å². The van der Waals surface area contributed by atoms with Gasteiger partial charge in [0.1, 0.15) is 11.8 Å². The molecule has 110 valence electrons. The van der Waals surface area contributed by atoms with Gasteiger partial charge in [-0.1, -0.05) is 0 Å². The molecule has 0 aliphatic rings. The zero-order chi connectivity index (χ0) is 15.4. The molecule has 2 unspecified atom stereocenters. The molecule has 2 atom stereocenters. The summed E-state index contributed by atoms with van der Waals surface area (Å²) in [5.74, 6) is -1.89. The molecular formula is C11H13FN2O6. The fourth-order valence-electron chi connectivity index (χ4n) is 1.53. The van der Waals surface area contributed by atoms with E-state index in [9.17, 15) is 29.5 Å². The lowest BCUT2D eigenvalue weighted by Gasteiger charge is -2.17. The molecule has 0 fully saturated rings. The number of hydrogen-bond acceptors (Lipinski definition) is 7. The summed E-state index contributed by atoms with van der Waals surface area (Å²) in [5.41, 5.74) is 3.53. The first-order valence-electron chi connectivity index (χ1n) is 5.44. The lowest BCUT2D eigenvalue weighted by atomic mass is 10.0. The summed E-state index contributed by atoms with van der Waals surface area (Å²) in [6.45, 7) is 0. The van der Waals surface area contributed by atoms with E-state index in [4.69, 9.17) is 5.73 Å². The number of nitro benzene ring substituents is 1. The van der Waals surface area contributed by atoms with Crippen LogP contribution in [0.4, 0.5) is 15.8 Å². The van der Waals surface area contributed by atoms with Crippen LogP contribution in [0, 0.1) is 15.9 Å². The van der Waals surface area contributed by atoms with Gasteiger partial charge in [-0.05, 0) is 11.6 Å². The van der Waals surface area contributed by atoms with E-state index in [1.165, 1.54) is 0 Å². The molecule has 1 rings (SSSR count). The van der Waals surface area contributed by atoms with Crippen molar-refractivity contribution in [1.29, 1.82) is 0 Å². The number of methoxy groups -OCH3 is 1. The highest BCUT2D eigenvalue weighted by molar-refractivity contribution is 5.70. The predicted octanol–water partition coefficient (Wildman–Crippen LogP) is 0.274. The summed E-state index contributed by atoms with van der Waals surface area (Å²) in [7, 11) is 1.09. The van der Waals surface area contributed by atoms with E-state index in [-0.39, 0.29) is 5.56 Å². The molecule has 8 nitrogen and oxygen atoms in total. The van der Waals surface area contributed by atoms with Crippen LogP contribution >= 0.6 is 0 Å². The van der Waals surface area contributed by atoms with Gasteiger partial charge in [0.2, 0.25) is 0 Å². The van der Waals surface area contributed by atoms with Crippen LogP contribution in [0.3, 0.4) is 0 Å². The molecule has 0 amide bonds. The summed E-state index contributed by atoms with van der Waals surface area (Å²) in [6.07, 6.45) is -3.83. The van der Waals surface area contributed by atoms with Gasteiger partial charge in [-0.25, -0.2) is 4.39 Å². The second-order valence-corrected chi connectivity index (χ2v) is 3.99. The quantitative estimate of drug-likeness (QED) is 0.306. The number of nitrogens with zero attached hydrogens (tertiary/aromatic N) is 1. The Morgan fingerprint density at radius 1 is 1.55 bits per heavy atom. The van der Waals surface area contributed by atoms with Gasteiger partial charge < -0.3 is 20.7 Å². The zero-order valence-electron chi connectivity index (χ0n) is 10.4. The highest BCUT2D eigenvalue weighted by Gasteiger charge is 2.26. The van der Waals surface area contributed by atoms with Gasteiger partial charge in [0.25, 0.3) is 5.69 Å². The number of rotatable bonds is 5. The Kier molecular flexibility index (Phi) is 4.94. The van der Waals surface area contributed by atoms with Crippen LogP contribution in [0.1, 0.15) is 18.1 Å². The topological polar surface area (TPSA) is 136 Å². The van der Waals surface area contributed by atoms with E-state index in [1.54, 1.807) is 0 Å². The van der Waals surface area contributed by atoms with Crippen LogP contribution in [0.25, 0.3) is 0 Å². The van der Waals surface area contributed by atoms with Crippen molar-refractivity contribution in [3.05, 3.63) is 33.6 Å². The summed E-state index contributed by atoms with van der Waals surface area (Å²) >= 11 is 0. The zero-order valence-corrected chi connectivity index (χ0v) is 10.4. The lowest BCUT2D eigenvalue weighted by molar-refractivity contribution is -0.384. The van der Waals surface area contributed by atoms with Crippen LogP contribution in [0.5, 0.6) is 0 Å². The molecule has 0 aliphatic heterocycles. The van der Waals surface area contributed by atoms with Crippen molar-refractivity contribution in [1.82, 2.24) is 0 Å². The molecule has 0 radical (unpaired) electrons. The third-order valence-corrected chi connectivity index (χ3v) is 2.64. The van der Waals surface area contributed by atoms with Gasteiger partial charge in [0.05, 0.1) is 24.6 Å². The van der Waals surface area contributed by atoms with Gasteiger partial charge in [0.15, 0.2) is 5.82 Å². The normalized spacial score (nSPS) is 13.6. The fraction of sp³-hybridized carbons (Fsp3) is 0.364. The average molecular weight is 288 g/mol. The SMILES string of the molecule is COC(=O)CC(O)C(O)c1cc(F)c(N)c([N+](=O)[O-])c1. The van der Waals surface area contributed by atoms with Gasteiger partial charge in [0, 0.05) is 6.07 Å². The number of aliphatic hydroxyl groups excluding tert-OH is 2. The van der Waals surface area contributed by atoms with E-state index in [2.05, 4.69) is 4.74 Å². The number of halogens is 1. The number of nitrogens with two attached hydrogens (primary N) is 1. The van der Waals surface area contributed by atoms with E-state index in [0.29, 0.717) is 0 Å². The number of nitro groups is 1. The van der Waals surface area contributed by atoms with E-state index in [1.807, 2.05) is 0 Å². The largest absolute Gasteiger partial charge is 0.469 e. The first kappa shape index (κ1) is 15.8. The van der Waals surface area contributed by atoms with Gasteiger partial charge in [-0.2, -0.15) is 0 Å². The molecule has 9 heteroatoms. The molecule has 20 heavy (non-hydrogen) atoms. The van der Waals surface area contributed by atoms with Gasteiger partial charge in [-0.15, -0.1) is 0 Å². The molecule has 4 N–H and O–H groups in total. The fourth-order valence-corrected chi connectivity index (χ4v) is 1.53. The Balaban J connectivity index is 3.07. The number of benzene rings is 1. The van der Waals surface area contributed by atoms with Crippen LogP contribution in [-0.2, 0) is 9.53 Å². The number of ether oxygens (including phenoxy) is 1. The Labute approximate surface area is 112 Å². The molecule has 0 aliphatic carbocycles. The van der Waals surface area contributed by atoms with Crippen LogP contribution < -0.4 is 5.73 Å². The number of anilines is 1. The molecule has 0 spiro atoms.